The third-order valence-corrected chi connectivity index (χ3v) is 2.41. The summed E-state index contributed by atoms with van der Waals surface area (Å²) in [5.74, 6) is 5.16. The van der Waals surface area contributed by atoms with Gasteiger partial charge in [-0.1, -0.05) is 26.6 Å². The second-order valence-corrected chi connectivity index (χ2v) is 3.74. The standard InChI is InChI=1S/C7H8BrN5O/c8-6-2-1-5-4-12(10-9)11-13(14)7(5)3-6/h1-3,10H,4,9H2. The van der Waals surface area contributed by atoms with Crippen molar-refractivity contribution in [1.82, 2.24) is 10.7 Å². The van der Waals surface area contributed by atoms with Crippen LogP contribution in [0.4, 0.5) is 5.69 Å². The van der Waals surface area contributed by atoms with Crippen LogP contribution in [0, 0.1) is 5.21 Å². The lowest BCUT2D eigenvalue weighted by molar-refractivity contribution is -0.472. The Kier molecular flexibility index (Phi) is 2.36. The van der Waals surface area contributed by atoms with Gasteiger partial charge in [0.15, 0.2) is 12.2 Å². The first-order valence-electron chi connectivity index (χ1n) is 3.92. The van der Waals surface area contributed by atoms with Crippen molar-refractivity contribution in [3.05, 3.63) is 33.4 Å². The molecule has 0 atom stereocenters. The molecule has 7 heteroatoms. The van der Waals surface area contributed by atoms with Crippen molar-refractivity contribution in [1.29, 1.82) is 0 Å². The fourth-order valence-electron chi connectivity index (χ4n) is 1.26. The predicted molar refractivity (Wildman–Crippen MR) is 52.7 cm³/mol. The van der Waals surface area contributed by atoms with Crippen LogP contribution in [0.15, 0.2) is 27.9 Å². The molecule has 1 aliphatic rings. The van der Waals surface area contributed by atoms with E-state index in [0.29, 0.717) is 17.1 Å². The number of hydrogen-bond acceptors (Lipinski definition) is 5. The van der Waals surface area contributed by atoms with Crippen molar-refractivity contribution in [2.24, 2.45) is 11.1 Å². The monoisotopic (exact) mass is 257 g/mol. The molecule has 0 spiro atoms. The Morgan fingerprint density at radius 2 is 2.43 bits per heavy atom. The zero-order chi connectivity index (χ0) is 10.1. The molecular weight excluding hydrogens is 250 g/mol. The lowest BCUT2D eigenvalue weighted by atomic mass is 10.2. The van der Waals surface area contributed by atoms with E-state index in [1.807, 2.05) is 12.1 Å². The minimum atomic E-state index is 0.470. The first-order valence-corrected chi connectivity index (χ1v) is 4.71. The molecule has 0 bridgehead atoms. The molecule has 2 rings (SSSR count). The molecule has 3 N–H and O–H groups in total. The number of benzene rings is 1. The predicted octanol–water partition coefficient (Wildman–Crippen LogP) is 1.15. The maximum atomic E-state index is 11.4. The summed E-state index contributed by atoms with van der Waals surface area (Å²) in [5, 5.41) is 16.3. The van der Waals surface area contributed by atoms with Crippen LogP contribution in [-0.2, 0) is 6.54 Å². The van der Waals surface area contributed by atoms with Crippen LogP contribution >= 0.6 is 15.9 Å². The summed E-state index contributed by atoms with van der Waals surface area (Å²) in [5.41, 5.74) is 3.71. The minimum absolute atomic E-state index is 0.470. The molecule has 0 aliphatic carbocycles. The second-order valence-electron chi connectivity index (χ2n) is 2.82. The molecule has 0 amide bonds. The summed E-state index contributed by atoms with van der Waals surface area (Å²) >= 11 is 3.29. The van der Waals surface area contributed by atoms with Crippen LogP contribution in [0.25, 0.3) is 0 Å². The number of nitrogens with one attached hydrogen (secondary N) is 1. The van der Waals surface area contributed by atoms with Crippen LogP contribution in [0.3, 0.4) is 0 Å². The van der Waals surface area contributed by atoms with Gasteiger partial charge in [0.25, 0.3) is 0 Å². The molecule has 1 aliphatic heterocycles. The molecule has 0 unspecified atom stereocenters. The van der Waals surface area contributed by atoms with Crippen LogP contribution in [0.2, 0.25) is 0 Å². The first kappa shape index (κ1) is 9.38. The highest BCUT2D eigenvalue weighted by Gasteiger charge is 2.21. The number of fused-ring (bicyclic) bond motifs is 1. The van der Waals surface area contributed by atoms with Gasteiger partial charge in [-0.2, -0.15) is 0 Å². The van der Waals surface area contributed by atoms with Gasteiger partial charge in [-0.15, -0.1) is 4.86 Å². The normalized spacial score (nSPS) is 15.0. The van der Waals surface area contributed by atoms with E-state index in [9.17, 15) is 5.21 Å². The van der Waals surface area contributed by atoms with E-state index in [-0.39, 0.29) is 0 Å². The number of rotatable bonds is 1. The Morgan fingerprint density at radius 1 is 1.64 bits per heavy atom. The smallest absolute Gasteiger partial charge is 0.162 e. The lowest BCUT2D eigenvalue weighted by Crippen LogP contribution is -2.40. The molecule has 14 heavy (non-hydrogen) atoms. The number of hydrazine groups is 2. The Hall–Kier alpha value is -1.18. The van der Waals surface area contributed by atoms with Gasteiger partial charge in [0.1, 0.15) is 5.22 Å². The summed E-state index contributed by atoms with van der Waals surface area (Å²) in [6.45, 7) is 0.470. The number of halogens is 1. The first-order chi connectivity index (χ1) is 6.70. The molecule has 74 valence electrons. The van der Waals surface area contributed by atoms with Crippen molar-refractivity contribution in [2.75, 3.05) is 0 Å². The topological polar surface area (TPSA) is 79.7 Å². The Balaban J connectivity index is 2.45. The van der Waals surface area contributed by atoms with Gasteiger partial charge >= 0.3 is 0 Å². The van der Waals surface area contributed by atoms with Gasteiger partial charge in [0, 0.05) is 16.1 Å². The van der Waals surface area contributed by atoms with Crippen LogP contribution in [0.5, 0.6) is 0 Å². The number of nitrogens with zero attached hydrogens (tertiary/aromatic N) is 3. The second kappa shape index (κ2) is 3.52. The van der Waals surface area contributed by atoms with Crippen molar-refractivity contribution in [3.63, 3.8) is 0 Å². The van der Waals surface area contributed by atoms with Gasteiger partial charge in [-0.3, -0.25) is 0 Å². The quantitative estimate of drug-likeness (QED) is 0.343. The average molecular weight is 258 g/mol. The average Bonchev–Trinajstić information content (AvgIpc) is 2.19. The van der Waals surface area contributed by atoms with Gasteiger partial charge < -0.3 is 5.21 Å². The van der Waals surface area contributed by atoms with E-state index < -0.39 is 0 Å². The molecule has 1 heterocycles. The van der Waals surface area contributed by atoms with Crippen LogP contribution in [0.1, 0.15) is 5.56 Å². The van der Waals surface area contributed by atoms with Crippen molar-refractivity contribution < 1.29 is 4.86 Å². The highest BCUT2D eigenvalue weighted by Crippen LogP contribution is 2.27. The minimum Gasteiger partial charge on any atom is -0.691 e. The third-order valence-electron chi connectivity index (χ3n) is 1.91. The van der Waals surface area contributed by atoms with Gasteiger partial charge in [0.05, 0.1) is 0 Å². The largest absolute Gasteiger partial charge is 0.691 e. The Morgan fingerprint density at radius 3 is 3.14 bits per heavy atom. The van der Waals surface area contributed by atoms with Gasteiger partial charge in [0.2, 0.25) is 0 Å². The lowest BCUT2D eigenvalue weighted by Gasteiger charge is -2.19. The van der Waals surface area contributed by atoms with E-state index in [0.717, 1.165) is 10.0 Å². The van der Waals surface area contributed by atoms with Crippen LogP contribution in [-0.4, -0.2) is 9.98 Å². The maximum Gasteiger partial charge on any atom is 0.162 e. The highest BCUT2D eigenvalue weighted by atomic mass is 79.9. The van der Waals surface area contributed by atoms with Crippen molar-refractivity contribution in [2.45, 2.75) is 6.54 Å². The molecule has 1 aromatic carbocycles. The third kappa shape index (κ3) is 1.57. The van der Waals surface area contributed by atoms with Crippen LogP contribution < -0.4 is 11.4 Å². The fourth-order valence-corrected chi connectivity index (χ4v) is 1.61. The van der Waals surface area contributed by atoms with Gasteiger partial charge in [-0.05, 0) is 12.1 Å². The summed E-state index contributed by atoms with van der Waals surface area (Å²) in [6.07, 6.45) is 0. The number of nitrogens with two attached hydrogens (primary N) is 1. The summed E-state index contributed by atoms with van der Waals surface area (Å²) in [6, 6.07) is 5.44. The molecule has 0 aromatic heterocycles. The molecule has 0 radical (unpaired) electrons. The summed E-state index contributed by atoms with van der Waals surface area (Å²) in [4.78, 5) is 0.531. The van der Waals surface area contributed by atoms with Gasteiger partial charge in [-0.25, -0.2) is 5.84 Å². The molecule has 1 aromatic rings. The molecule has 0 saturated carbocycles. The zero-order valence-electron chi connectivity index (χ0n) is 7.14. The molecule has 0 saturated heterocycles. The zero-order valence-corrected chi connectivity index (χ0v) is 8.73. The van der Waals surface area contributed by atoms with Crippen molar-refractivity contribution in [3.8, 4) is 0 Å². The highest BCUT2D eigenvalue weighted by molar-refractivity contribution is 9.10. The Bertz CT molecular complexity index is 394. The summed E-state index contributed by atoms with van der Waals surface area (Å²) < 4.78 is 0.849. The maximum absolute atomic E-state index is 11.4. The summed E-state index contributed by atoms with van der Waals surface area (Å²) in [7, 11) is 0. The van der Waals surface area contributed by atoms with E-state index >= 15 is 0 Å². The van der Waals surface area contributed by atoms with E-state index in [1.54, 1.807) is 6.07 Å². The number of hydrogen-bond donors (Lipinski definition) is 2. The Labute approximate surface area is 88.6 Å². The van der Waals surface area contributed by atoms with Crippen molar-refractivity contribution >= 4 is 21.6 Å². The molecule has 0 fully saturated rings. The molecule has 6 nitrogen and oxygen atoms in total. The SMILES string of the molecule is NNN1Cc2ccc(Br)cc2[N+]([O-])=N1. The van der Waals surface area contributed by atoms with E-state index in [1.165, 1.54) is 5.12 Å². The van der Waals surface area contributed by atoms with E-state index in [2.05, 4.69) is 26.7 Å². The fraction of sp³-hybridized carbons (Fsp3) is 0.143. The molecular formula is C7H8BrN5O. The van der Waals surface area contributed by atoms with E-state index in [4.69, 9.17) is 5.84 Å².